The number of piperidine rings is 1. The molecule has 142 valence electrons. The van der Waals surface area contributed by atoms with Crippen LogP contribution in [0.3, 0.4) is 0 Å². The molecule has 1 saturated heterocycles. The Balaban J connectivity index is 1.51. The minimum absolute atomic E-state index is 0.00556. The van der Waals surface area contributed by atoms with Crippen LogP contribution >= 0.6 is 0 Å². The second kappa shape index (κ2) is 6.67. The van der Waals surface area contributed by atoms with Crippen molar-refractivity contribution in [2.45, 2.75) is 38.0 Å². The topological polar surface area (TPSA) is 71.2 Å². The van der Waals surface area contributed by atoms with Crippen LogP contribution in [0.15, 0.2) is 36.8 Å². The lowest BCUT2D eigenvalue weighted by Gasteiger charge is -2.38. The van der Waals surface area contributed by atoms with Crippen molar-refractivity contribution < 1.29 is 13.2 Å². The third-order valence-corrected chi connectivity index (χ3v) is 4.75. The molecule has 0 bridgehead atoms. The molecule has 0 saturated carbocycles. The average Bonchev–Trinajstić information content (AvgIpc) is 3.07. The van der Waals surface area contributed by atoms with Crippen LogP contribution in [0, 0.1) is 0 Å². The third-order valence-electron chi connectivity index (χ3n) is 4.75. The van der Waals surface area contributed by atoms with E-state index in [1.54, 1.807) is 0 Å². The monoisotopic (exact) mass is 377 g/mol. The van der Waals surface area contributed by atoms with Crippen molar-refractivity contribution in [3.05, 3.63) is 42.4 Å². The van der Waals surface area contributed by atoms with Gasteiger partial charge in [0.25, 0.3) is 0 Å². The molecule has 4 heterocycles. The number of aromatic nitrogens is 5. The molecule has 0 amide bonds. The Bertz CT molecular complexity index is 922. The van der Waals surface area contributed by atoms with E-state index in [-0.39, 0.29) is 18.0 Å². The zero-order chi connectivity index (χ0) is 19.0. The largest absolute Gasteiger partial charge is 0.419 e. The summed E-state index contributed by atoms with van der Waals surface area (Å²) in [5.74, 6) is 0.937. The number of hydrogen-bond acceptors (Lipinski definition) is 6. The smallest absolute Gasteiger partial charge is 0.350 e. The Morgan fingerprint density at radius 1 is 1.11 bits per heavy atom. The van der Waals surface area contributed by atoms with E-state index in [1.165, 1.54) is 0 Å². The number of pyridine rings is 1. The first-order valence-electron chi connectivity index (χ1n) is 8.64. The maximum atomic E-state index is 12.6. The van der Waals surface area contributed by atoms with Crippen molar-refractivity contribution in [3.63, 3.8) is 0 Å². The van der Waals surface area contributed by atoms with Gasteiger partial charge in [-0.05, 0) is 31.9 Å². The highest BCUT2D eigenvalue weighted by Crippen LogP contribution is 2.29. The van der Waals surface area contributed by atoms with Crippen molar-refractivity contribution in [1.29, 1.82) is 0 Å². The lowest BCUT2D eigenvalue weighted by atomic mass is 10.00. The molecular formula is C17H18F3N7. The molecule has 1 fully saturated rings. The van der Waals surface area contributed by atoms with E-state index in [0.717, 1.165) is 36.8 Å². The summed E-state index contributed by atoms with van der Waals surface area (Å²) in [6.07, 6.45) is 0.825. The van der Waals surface area contributed by atoms with Gasteiger partial charge in [-0.3, -0.25) is 4.40 Å². The van der Waals surface area contributed by atoms with E-state index < -0.39 is 11.7 Å². The van der Waals surface area contributed by atoms with Crippen molar-refractivity contribution in [2.75, 3.05) is 16.8 Å². The molecule has 3 aromatic heterocycles. The van der Waals surface area contributed by atoms with Crippen molar-refractivity contribution in [2.24, 2.45) is 0 Å². The molecule has 0 unspecified atom stereocenters. The van der Waals surface area contributed by atoms with Gasteiger partial charge in [0.05, 0.1) is 5.56 Å². The Kier molecular flexibility index (Phi) is 4.33. The fourth-order valence-corrected chi connectivity index (χ4v) is 3.26. The molecule has 1 aliphatic heterocycles. The highest BCUT2D eigenvalue weighted by atomic mass is 19.4. The number of nitrogens with zero attached hydrogens (tertiary/aromatic N) is 6. The molecule has 10 heteroatoms. The minimum Gasteiger partial charge on any atom is -0.350 e. The van der Waals surface area contributed by atoms with E-state index in [2.05, 4.69) is 37.3 Å². The van der Waals surface area contributed by atoms with Gasteiger partial charge < -0.3 is 10.2 Å². The van der Waals surface area contributed by atoms with Crippen LogP contribution in [0.2, 0.25) is 0 Å². The number of alkyl halides is 3. The summed E-state index contributed by atoms with van der Waals surface area (Å²) in [6, 6.07) is 5.97. The molecule has 4 rings (SSSR count). The molecule has 3 aromatic rings. The predicted octanol–water partition coefficient (Wildman–Crippen LogP) is 3.01. The maximum absolute atomic E-state index is 12.6. The molecule has 7 nitrogen and oxygen atoms in total. The molecule has 0 aliphatic carbocycles. The van der Waals surface area contributed by atoms with Crippen LogP contribution in [-0.4, -0.2) is 43.2 Å². The molecule has 0 radical (unpaired) electrons. The molecule has 1 N–H and O–H groups in total. The van der Waals surface area contributed by atoms with Gasteiger partial charge >= 0.3 is 6.18 Å². The molecule has 1 aliphatic rings. The first-order chi connectivity index (χ1) is 12.9. The summed E-state index contributed by atoms with van der Waals surface area (Å²) in [6.45, 7) is 2.75. The van der Waals surface area contributed by atoms with Crippen LogP contribution < -0.4 is 10.2 Å². The fourth-order valence-electron chi connectivity index (χ4n) is 3.26. The van der Waals surface area contributed by atoms with Gasteiger partial charge in [0.1, 0.15) is 0 Å². The standard InChI is InChI=1S/C17H18F3N7/c1-11-5-6-13(23-15-21-8-12(9-22-15)17(18,19)20)10-27(11)16-25-24-14-4-2-3-7-26(14)16/h2-4,7-9,11,13H,5-6,10H2,1H3,(H,21,22,23)/t11-,13+/m0/s1. The van der Waals surface area contributed by atoms with Gasteiger partial charge in [-0.1, -0.05) is 6.07 Å². The SMILES string of the molecule is C[C@H]1CC[C@@H](Nc2ncc(C(F)(F)F)cn2)CN1c1nnc2ccccn12. The second-order valence-corrected chi connectivity index (χ2v) is 6.64. The van der Waals surface area contributed by atoms with Crippen LogP contribution in [-0.2, 0) is 6.18 Å². The number of hydrogen-bond donors (Lipinski definition) is 1. The zero-order valence-electron chi connectivity index (χ0n) is 14.6. The van der Waals surface area contributed by atoms with Gasteiger partial charge in [0.2, 0.25) is 11.9 Å². The molecule has 27 heavy (non-hydrogen) atoms. The maximum Gasteiger partial charge on any atom is 0.419 e. The summed E-state index contributed by atoms with van der Waals surface area (Å²) in [4.78, 5) is 9.75. The first kappa shape index (κ1) is 17.5. The summed E-state index contributed by atoms with van der Waals surface area (Å²) in [7, 11) is 0. The third kappa shape index (κ3) is 3.51. The highest BCUT2D eigenvalue weighted by molar-refractivity contribution is 5.47. The summed E-state index contributed by atoms with van der Waals surface area (Å²) < 4.78 is 39.8. The van der Waals surface area contributed by atoms with E-state index in [0.29, 0.717) is 6.54 Å². The van der Waals surface area contributed by atoms with Crippen molar-refractivity contribution >= 4 is 17.5 Å². The number of rotatable bonds is 3. The van der Waals surface area contributed by atoms with Gasteiger partial charge in [-0.25, -0.2) is 9.97 Å². The Morgan fingerprint density at radius 3 is 2.63 bits per heavy atom. The van der Waals surface area contributed by atoms with Crippen molar-refractivity contribution in [3.8, 4) is 0 Å². The van der Waals surface area contributed by atoms with Gasteiger partial charge in [0, 0.05) is 37.2 Å². The predicted molar refractivity (Wildman–Crippen MR) is 93.5 cm³/mol. The second-order valence-electron chi connectivity index (χ2n) is 6.64. The summed E-state index contributed by atoms with van der Waals surface area (Å²) >= 11 is 0. The molecule has 0 aromatic carbocycles. The quantitative estimate of drug-likeness (QED) is 0.757. The normalized spacial score (nSPS) is 20.8. The Morgan fingerprint density at radius 2 is 1.89 bits per heavy atom. The van der Waals surface area contributed by atoms with Crippen LogP contribution in [0.25, 0.3) is 5.65 Å². The van der Waals surface area contributed by atoms with Gasteiger partial charge in [0.15, 0.2) is 5.65 Å². The highest BCUT2D eigenvalue weighted by Gasteiger charge is 2.32. The van der Waals surface area contributed by atoms with E-state index in [9.17, 15) is 13.2 Å². The average molecular weight is 377 g/mol. The van der Waals surface area contributed by atoms with Crippen LogP contribution in [0.5, 0.6) is 0 Å². The van der Waals surface area contributed by atoms with E-state index >= 15 is 0 Å². The summed E-state index contributed by atoms with van der Waals surface area (Å²) in [5.41, 5.74) is -0.0947. The Hall–Kier alpha value is -2.91. The minimum atomic E-state index is -4.44. The van der Waals surface area contributed by atoms with Gasteiger partial charge in [-0.15, -0.1) is 10.2 Å². The fraction of sp³-hybridized carbons (Fsp3) is 0.412. The van der Waals surface area contributed by atoms with E-state index in [4.69, 9.17) is 0 Å². The van der Waals surface area contributed by atoms with Crippen LogP contribution in [0.4, 0.5) is 25.1 Å². The lowest BCUT2D eigenvalue weighted by Crippen LogP contribution is -2.48. The first-order valence-corrected chi connectivity index (χ1v) is 8.64. The number of halogens is 3. The van der Waals surface area contributed by atoms with Crippen LogP contribution in [0.1, 0.15) is 25.3 Å². The number of anilines is 2. The van der Waals surface area contributed by atoms with Crippen molar-refractivity contribution in [1.82, 2.24) is 24.6 Å². The summed E-state index contributed by atoms with van der Waals surface area (Å²) in [5, 5.41) is 11.6. The van der Waals surface area contributed by atoms with E-state index in [1.807, 2.05) is 28.8 Å². The van der Waals surface area contributed by atoms with Gasteiger partial charge in [-0.2, -0.15) is 13.2 Å². The zero-order valence-corrected chi connectivity index (χ0v) is 14.6. The Labute approximate surface area is 153 Å². The lowest BCUT2D eigenvalue weighted by molar-refractivity contribution is -0.138. The molecule has 2 atom stereocenters. The molecular weight excluding hydrogens is 359 g/mol. The number of fused-ring (bicyclic) bond motifs is 1. The molecule has 0 spiro atoms. The number of nitrogens with one attached hydrogen (secondary N) is 1.